The van der Waals surface area contributed by atoms with E-state index >= 15 is 0 Å². The molecule has 1 unspecified atom stereocenters. The normalized spacial score (nSPS) is 13.4. The second-order valence-corrected chi connectivity index (χ2v) is 3.19. The average Bonchev–Trinajstić information content (AvgIpc) is 2.38. The van der Waals surface area contributed by atoms with Crippen LogP contribution in [0.15, 0.2) is 16.8 Å². The zero-order valence-electron chi connectivity index (χ0n) is 6.33. The molecule has 56 valence electrons. The van der Waals surface area contributed by atoms with Crippen molar-refractivity contribution in [3.8, 4) is 0 Å². The van der Waals surface area contributed by atoms with Crippen LogP contribution in [0.1, 0.15) is 18.4 Å². The van der Waals surface area contributed by atoms with E-state index in [2.05, 4.69) is 23.8 Å². The van der Waals surface area contributed by atoms with Crippen LogP contribution in [0.3, 0.4) is 0 Å². The average molecular weight is 156 g/mol. The van der Waals surface area contributed by atoms with E-state index in [4.69, 9.17) is 4.74 Å². The molecule has 0 aromatic carbocycles. The summed E-state index contributed by atoms with van der Waals surface area (Å²) in [4.78, 5) is 0. The summed E-state index contributed by atoms with van der Waals surface area (Å²) in [5.41, 5.74) is 1.38. The Balaban J connectivity index is 2.50. The molecule has 0 aliphatic heterocycles. The van der Waals surface area contributed by atoms with Gasteiger partial charge in [-0.1, -0.05) is 6.92 Å². The maximum atomic E-state index is 5.03. The summed E-state index contributed by atoms with van der Waals surface area (Å²) < 4.78 is 5.03. The molecule has 0 amide bonds. The number of hydrogen-bond donors (Lipinski definition) is 0. The SMILES string of the molecule is COCC(C)c1ccsc1. The van der Waals surface area contributed by atoms with Crippen molar-refractivity contribution < 1.29 is 4.74 Å². The molecule has 0 radical (unpaired) electrons. The highest BCUT2D eigenvalue weighted by atomic mass is 32.1. The predicted octanol–water partition coefficient (Wildman–Crippen LogP) is 2.50. The monoisotopic (exact) mass is 156 g/mol. The van der Waals surface area contributed by atoms with Crippen LogP contribution in [0.2, 0.25) is 0 Å². The Morgan fingerprint density at radius 1 is 1.70 bits per heavy atom. The van der Waals surface area contributed by atoms with Gasteiger partial charge in [-0.3, -0.25) is 0 Å². The molecule has 1 nitrogen and oxygen atoms in total. The van der Waals surface area contributed by atoms with E-state index in [9.17, 15) is 0 Å². The number of hydrogen-bond acceptors (Lipinski definition) is 2. The fourth-order valence-electron chi connectivity index (χ4n) is 0.902. The van der Waals surface area contributed by atoms with Crippen LogP contribution in [0.4, 0.5) is 0 Å². The van der Waals surface area contributed by atoms with E-state index in [1.165, 1.54) is 5.56 Å². The van der Waals surface area contributed by atoms with Gasteiger partial charge in [0.2, 0.25) is 0 Å². The third-order valence-electron chi connectivity index (χ3n) is 1.53. The van der Waals surface area contributed by atoms with Gasteiger partial charge in [0.05, 0.1) is 6.61 Å². The second-order valence-electron chi connectivity index (χ2n) is 2.41. The van der Waals surface area contributed by atoms with E-state index in [1.54, 1.807) is 18.4 Å². The van der Waals surface area contributed by atoms with Crippen LogP contribution < -0.4 is 0 Å². The van der Waals surface area contributed by atoms with Crippen LogP contribution in [0, 0.1) is 0 Å². The number of rotatable bonds is 3. The highest BCUT2D eigenvalue weighted by Gasteiger charge is 2.03. The van der Waals surface area contributed by atoms with Gasteiger partial charge in [-0.25, -0.2) is 0 Å². The molecular formula is C8H12OS. The molecule has 0 saturated heterocycles. The summed E-state index contributed by atoms with van der Waals surface area (Å²) in [5.74, 6) is 0.538. The Hall–Kier alpha value is -0.340. The molecule has 0 saturated carbocycles. The lowest BCUT2D eigenvalue weighted by Gasteiger charge is -2.06. The minimum atomic E-state index is 0.538. The highest BCUT2D eigenvalue weighted by Crippen LogP contribution is 2.17. The fourth-order valence-corrected chi connectivity index (χ4v) is 1.68. The summed E-state index contributed by atoms with van der Waals surface area (Å²) in [7, 11) is 1.74. The van der Waals surface area contributed by atoms with Gasteiger partial charge in [0.1, 0.15) is 0 Å². The minimum absolute atomic E-state index is 0.538. The van der Waals surface area contributed by atoms with Crippen LogP contribution in [0.25, 0.3) is 0 Å². The first-order valence-electron chi connectivity index (χ1n) is 3.35. The number of ether oxygens (including phenoxy) is 1. The molecule has 0 bridgehead atoms. The van der Waals surface area contributed by atoms with Gasteiger partial charge in [0.25, 0.3) is 0 Å². The van der Waals surface area contributed by atoms with Gasteiger partial charge in [-0.15, -0.1) is 0 Å². The Morgan fingerprint density at radius 2 is 2.50 bits per heavy atom. The van der Waals surface area contributed by atoms with Gasteiger partial charge in [-0.2, -0.15) is 11.3 Å². The maximum absolute atomic E-state index is 5.03. The van der Waals surface area contributed by atoms with Gasteiger partial charge >= 0.3 is 0 Å². The zero-order valence-corrected chi connectivity index (χ0v) is 7.15. The van der Waals surface area contributed by atoms with E-state index in [-0.39, 0.29) is 0 Å². The van der Waals surface area contributed by atoms with Crippen molar-refractivity contribution >= 4 is 11.3 Å². The van der Waals surface area contributed by atoms with Crippen LogP contribution in [0.5, 0.6) is 0 Å². The van der Waals surface area contributed by atoms with E-state index in [0.29, 0.717) is 5.92 Å². The Labute approximate surface area is 65.6 Å². The Morgan fingerprint density at radius 3 is 3.00 bits per heavy atom. The summed E-state index contributed by atoms with van der Waals surface area (Å²) in [5, 5.41) is 4.27. The van der Waals surface area contributed by atoms with Crippen LogP contribution >= 0.6 is 11.3 Å². The lowest BCUT2D eigenvalue weighted by molar-refractivity contribution is 0.184. The van der Waals surface area contributed by atoms with Gasteiger partial charge in [0.15, 0.2) is 0 Å². The molecule has 1 heterocycles. The second kappa shape index (κ2) is 3.74. The largest absolute Gasteiger partial charge is 0.384 e. The quantitative estimate of drug-likeness (QED) is 0.653. The smallest absolute Gasteiger partial charge is 0.0528 e. The predicted molar refractivity (Wildman–Crippen MR) is 44.6 cm³/mol. The zero-order chi connectivity index (χ0) is 7.40. The summed E-state index contributed by atoms with van der Waals surface area (Å²) in [6.45, 7) is 2.99. The molecule has 1 aromatic heterocycles. The molecule has 0 aliphatic rings. The maximum Gasteiger partial charge on any atom is 0.0528 e. The molecule has 2 heteroatoms. The first-order chi connectivity index (χ1) is 4.84. The molecule has 1 rings (SSSR count). The Bertz CT molecular complexity index is 169. The van der Waals surface area contributed by atoms with Crippen LogP contribution in [-0.2, 0) is 4.74 Å². The van der Waals surface area contributed by atoms with Gasteiger partial charge in [-0.05, 0) is 22.4 Å². The number of methoxy groups -OCH3 is 1. The highest BCUT2D eigenvalue weighted by molar-refractivity contribution is 7.07. The molecule has 0 N–H and O–H groups in total. The topological polar surface area (TPSA) is 9.23 Å². The van der Waals surface area contributed by atoms with Crippen molar-refractivity contribution in [3.63, 3.8) is 0 Å². The third-order valence-corrected chi connectivity index (χ3v) is 2.23. The first-order valence-corrected chi connectivity index (χ1v) is 4.30. The molecule has 0 fully saturated rings. The lowest BCUT2D eigenvalue weighted by atomic mass is 10.1. The van der Waals surface area contributed by atoms with E-state index in [0.717, 1.165) is 6.61 Å². The molecule has 10 heavy (non-hydrogen) atoms. The summed E-state index contributed by atoms with van der Waals surface area (Å²) >= 11 is 1.74. The van der Waals surface area contributed by atoms with Crippen molar-refractivity contribution in [1.82, 2.24) is 0 Å². The molecule has 0 aliphatic carbocycles. The van der Waals surface area contributed by atoms with Crippen molar-refractivity contribution in [1.29, 1.82) is 0 Å². The third kappa shape index (κ3) is 1.82. The van der Waals surface area contributed by atoms with E-state index in [1.807, 2.05) is 0 Å². The molecule has 1 aromatic rings. The van der Waals surface area contributed by atoms with Gasteiger partial charge in [0, 0.05) is 13.0 Å². The molecule has 0 spiro atoms. The summed E-state index contributed by atoms with van der Waals surface area (Å²) in [6, 6.07) is 2.15. The van der Waals surface area contributed by atoms with Crippen molar-refractivity contribution in [2.45, 2.75) is 12.8 Å². The Kier molecular flexibility index (Phi) is 2.90. The molecule has 1 atom stereocenters. The van der Waals surface area contributed by atoms with Crippen molar-refractivity contribution in [2.24, 2.45) is 0 Å². The fraction of sp³-hybridized carbons (Fsp3) is 0.500. The first kappa shape index (κ1) is 7.76. The van der Waals surface area contributed by atoms with E-state index < -0.39 is 0 Å². The van der Waals surface area contributed by atoms with Crippen molar-refractivity contribution in [3.05, 3.63) is 22.4 Å². The minimum Gasteiger partial charge on any atom is -0.384 e. The molecular weight excluding hydrogens is 144 g/mol. The van der Waals surface area contributed by atoms with Gasteiger partial charge < -0.3 is 4.74 Å². The summed E-state index contributed by atoms with van der Waals surface area (Å²) in [6.07, 6.45) is 0. The van der Waals surface area contributed by atoms with Crippen molar-refractivity contribution in [2.75, 3.05) is 13.7 Å². The lowest BCUT2D eigenvalue weighted by Crippen LogP contribution is -1.99. The number of thiophene rings is 1. The standard InChI is InChI=1S/C8H12OS/c1-7(5-9-2)8-3-4-10-6-8/h3-4,6-7H,5H2,1-2H3. The van der Waals surface area contributed by atoms with Crippen LogP contribution in [-0.4, -0.2) is 13.7 Å².